The second-order valence-corrected chi connectivity index (χ2v) is 6.02. The van der Waals surface area contributed by atoms with Gasteiger partial charge in [0, 0.05) is 64.2 Å². The van der Waals surface area contributed by atoms with E-state index in [-0.39, 0.29) is 12.4 Å². The quantitative estimate of drug-likeness (QED) is 0.898. The zero-order valence-corrected chi connectivity index (χ0v) is 13.5. The van der Waals surface area contributed by atoms with Crippen LogP contribution in [0.2, 0.25) is 0 Å². The maximum Gasteiger partial charge on any atom is 0.155 e. The van der Waals surface area contributed by atoms with Crippen LogP contribution in [0.1, 0.15) is 12.1 Å². The van der Waals surface area contributed by atoms with Crippen molar-refractivity contribution in [2.45, 2.75) is 19.0 Å². The maximum atomic E-state index is 4.42. The average molecular weight is 323 g/mol. The molecule has 2 fully saturated rings. The summed E-state index contributed by atoms with van der Waals surface area (Å²) in [5.41, 5.74) is 2.19. The molecule has 1 N–H and O–H groups in total. The molecule has 4 rings (SSSR count). The van der Waals surface area contributed by atoms with E-state index >= 15 is 0 Å². The first-order chi connectivity index (χ1) is 10.4. The van der Waals surface area contributed by atoms with Gasteiger partial charge in [-0.1, -0.05) is 0 Å². The lowest BCUT2D eigenvalue weighted by Crippen LogP contribution is -2.49. The summed E-state index contributed by atoms with van der Waals surface area (Å²) in [5, 5.41) is 3.43. The van der Waals surface area contributed by atoms with Crippen molar-refractivity contribution in [3.63, 3.8) is 0 Å². The highest BCUT2D eigenvalue weighted by Gasteiger charge is 2.28. The number of hydrogen-bond acceptors (Lipinski definition) is 5. The van der Waals surface area contributed by atoms with E-state index in [0.717, 1.165) is 31.3 Å². The van der Waals surface area contributed by atoms with Gasteiger partial charge < -0.3 is 5.32 Å². The summed E-state index contributed by atoms with van der Waals surface area (Å²) in [6.07, 6.45) is 8.91. The molecule has 6 nitrogen and oxygen atoms in total. The Hall–Kier alpha value is -1.21. The molecule has 1 atom stereocenters. The van der Waals surface area contributed by atoms with E-state index in [9.17, 15) is 0 Å². The van der Waals surface area contributed by atoms with Crippen LogP contribution in [-0.2, 0) is 6.54 Å². The molecule has 4 heterocycles. The Labute approximate surface area is 136 Å². The smallest absolute Gasteiger partial charge is 0.155 e. The van der Waals surface area contributed by atoms with E-state index in [1.54, 1.807) is 0 Å². The van der Waals surface area contributed by atoms with Crippen molar-refractivity contribution in [1.82, 2.24) is 29.5 Å². The summed E-state index contributed by atoms with van der Waals surface area (Å²) >= 11 is 0. The number of aromatic nitrogens is 3. The first-order valence-corrected chi connectivity index (χ1v) is 7.83. The lowest BCUT2D eigenvalue weighted by Gasteiger charge is -2.32. The molecule has 22 heavy (non-hydrogen) atoms. The van der Waals surface area contributed by atoms with Crippen LogP contribution >= 0.6 is 12.4 Å². The van der Waals surface area contributed by atoms with E-state index in [1.807, 2.05) is 24.8 Å². The highest BCUT2D eigenvalue weighted by atomic mass is 35.5. The van der Waals surface area contributed by atoms with Crippen LogP contribution in [0, 0.1) is 0 Å². The van der Waals surface area contributed by atoms with Gasteiger partial charge in [-0.25, -0.2) is 4.98 Å². The summed E-state index contributed by atoms with van der Waals surface area (Å²) in [6, 6.07) is 0.730. The Morgan fingerprint density at radius 2 is 2.05 bits per heavy atom. The van der Waals surface area contributed by atoms with Crippen molar-refractivity contribution in [3.8, 4) is 0 Å². The van der Waals surface area contributed by atoms with Gasteiger partial charge in [0.1, 0.15) is 0 Å². The fourth-order valence-corrected chi connectivity index (χ4v) is 3.54. The Morgan fingerprint density at radius 3 is 2.91 bits per heavy atom. The molecule has 2 saturated heterocycles. The minimum absolute atomic E-state index is 0. The van der Waals surface area contributed by atoms with Gasteiger partial charge in [0.25, 0.3) is 0 Å². The topological polar surface area (TPSA) is 48.7 Å². The lowest BCUT2D eigenvalue weighted by atomic mass is 10.2. The highest BCUT2D eigenvalue weighted by Crippen LogP contribution is 2.18. The van der Waals surface area contributed by atoms with Crippen LogP contribution in [0.25, 0.3) is 5.65 Å². The van der Waals surface area contributed by atoms with Crippen molar-refractivity contribution >= 4 is 18.1 Å². The van der Waals surface area contributed by atoms with E-state index in [1.165, 1.54) is 38.3 Å². The summed E-state index contributed by atoms with van der Waals surface area (Å²) in [5.74, 6) is 0. The number of nitrogens with zero attached hydrogens (tertiary/aromatic N) is 5. The van der Waals surface area contributed by atoms with Crippen LogP contribution in [0.15, 0.2) is 24.8 Å². The van der Waals surface area contributed by atoms with Crippen molar-refractivity contribution in [2.24, 2.45) is 0 Å². The Morgan fingerprint density at radius 1 is 1.18 bits per heavy atom. The molecule has 0 aliphatic carbocycles. The van der Waals surface area contributed by atoms with Gasteiger partial charge >= 0.3 is 0 Å². The summed E-state index contributed by atoms with van der Waals surface area (Å²) < 4.78 is 2.14. The van der Waals surface area contributed by atoms with E-state index in [4.69, 9.17) is 0 Å². The molecular weight excluding hydrogens is 300 g/mol. The molecular formula is C15H23ClN6. The van der Waals surface area contributed by atoms with Crippen LogP contribution in [-0.4, -0.2) is 69.5 Å². The molecule has 0 radical (unpaired) electrons. The number of hydrogen-bond donors (Lipinski definition) is 1. The fraction of sp³-hybridized carbons (Fsp3) is 0.600. The van der Waals surface area contributed by atoms with Gasteiger partial charge in [0.15, 0.2) is 5.65 Å². The Balaban J connectivity index is 0.00000144. The molecule has 0 spiro atoms. The largest absolute Gasteiger partial charge is 0.314 e. The maximum absolute atomic E-state index is 4.42. The average Bonchev–Trinajstić information content (AvgIpc) is 3.17. The minimum atomic E-state index is 0. The normalized spacial score (nSPS) is 23.7. The third-order valence-corrected chi connectivity index (χ3v) is 4.69. The number of fused-ring (bicyclic) bond motifs is 1. The number of piperazine rings is 1. The van der Waals surface area contributed by atoms with E-state index in [0.29, 0.717) is 0 Å². The minimum Gasteiger partial charge on any atom is -0.314 e. The predicted molar refractivity (Wildman–Crippen MR) is 88.4 cm³/mol. The zero-order valence-electron chi connectivity index (χ0n) is 12.7. The van der Waals surface area contributed by atoms with Gasteiger partial charge in [-0.2, -0.15) is 0 Å². The van der Waals surface area contributed by atoms with Gasteiger partial charge in [0.05, 0.1) is 18.1 Å². The van der Waals surface area contributed by atoms with Gasteiger partial charge in [0.2, 0.25) is 0 Å². The van der Waals surface area contributed by atoms with Crippen LogP contribution in [0.4, 0.5) is 0 Å². The van der Waals surface area contributed by atoms with Crippen molar-refractivity contribution in [2.75, 3.05) is 39.3 Å². The second-order valence-electron chi connectivity index (χ2n) is 6.02. The first-order valence-electron chi connectivity index (χ1n) is 7.83. The third kappa shape index (κ3) is 3.10. The molecule has 2 aromatic heterocycles. The molecule has 0 aromatic carbocycles. The van der Waals surface area contributed by atoms with Crippen LogP contribution in [0.5, 0.6) is 0 Å². The molecule has 120 valence electrons. The van der Waals surface area contributed by atoms with Crippen molar-refractivity contribution < 1.29 is 0 Å². The Bertz CT molecular complexity index is 609. The number of halogens is 1. The summed E-state index contributed by atoms with van der Waals surface area (Å²) in [4.78, 5) is 13.7. The molecule has 0 amide bonds. The Kier molecular flexibility index (Phi) is 4.93. The molecule has 1 unspecified atom stereocenters. The van der Waals surface area contributed by atoms with Gasteiger partial charge in [-0.3, -0.25) is 19.2 Å². The number of likely N-dealkylation sites (tertiary alicyclic amines) is 1. The number of rotatable bonds is 3. The monoisotopic (exact) mass is 322 g/mol. The van der Waals surface area contributed by atoms with Gasteiger partial charge in [-0.15, -0.1) is 12.4 Å². The zero-order chi connectivity index (χ0) is 14.1. The molecule has 7 heteroatoms. The number of imidazole rings is 1. The highest BCUT2D eigenvalue weighted by molar-refractivity contribution is 5.85. The fourth-order valence-electron chi connectivity index (χ4n) is 3.54. The third-order valence-electron chi connectivity index (χ3n) is 4.69. The van der Waals surface area contributed by atoms with Crippen molar-refractivity contribution in [1.29, 1.82) is 0 Å². The van der Waals surface area contributed by atoms with Crippen LogP contribution < -0.4 is 5.32 Å². The molecule has 2 aromatic rings. The molecule has 0 saturated carbocycles. The number of nitrogens with one attached hydrogen (secondary N) is 1. The van der Waals surface area contributed by atoms with Gasteiger partial charge in [-0.05, 0) is 6.42 Å². The summed E-state index contributed by atoms with van der Waals surface area (Å²) in [7, 11) is 0. The first kappa shape index (κ1) is 15.7. The summed E-state index contributed by atoms with van der Waals surface area (Å²) in [6.45, 7) is 8.01. The second kappa shape index (κ2) is 6.91. The predicted octanol–water partition coefficient (Wildman–Crippen LogP) is 0.631. The van der Waals surface area contributed by atoms with E-state index in [2.05, 4.69) is 29.5 Å². The van der Waals surface area contributed by atoms with E-state index < -0.39 is 0 Å². The van der Waals surface area contributed by atoms with Crippen LogP contribution in [0.3, 0.4) is 0 Å². The SMILES string of the molecule is Cl.c1cn2c(CN3CCC(N4CCNCC4)C3)cnc2cn1. The van der Waals surface area contributed by atoms with Crippen molar-refractivity contribution in [3.05, 3.63) is 30.5 Å². The standard InChI is InChI=1S/C15H22N6.ClH/c1-5-19(11-13(1)20-6-2-16-3-7-20)12-14-9-18-15-10-17-4-8-21(14)15;/h4,8-10,13,16H,1-3,5-7,11-12H2;1H. The molecule has 0 bridgehead atoms. The lowest BCUT2D eigenvalue weighted by molar-refractivity contribution is 0.170. The molecule has 2 aliphatic heterocycles. The molecule has 2 aliphatic rings.